The molecule has 4 aliphatic rings. The van der Waals surface area contributed by atoms with E-state index >= 15 is 0 Å². The number of imide groups is 1. The second-order valence-electron chi connectivity index (χ2n) is 9.35. The molecule has 0 aliphatic carbocycles. The van der Waals surface area contributed by atoms with Crippen LogP contribution in [-0.4, -0.2) is 35.2 Å². The highest BCUT2D eigenvalue weighted by Crippen LogP contribution is 2.60. The van der Waals surface area contributed by atoms with E-state index in [-0.39, 0.29) is 17.6 Å². The molecule has 3 amide bonds. The van der Waals surface area contributed by atoms with E-state index in [2.05, 4.69) is 5.32 Å². The van der Waals surface area contributed by atoms with Gasteiger partial charge in [-0.2, -0.15) is 13.2 Å². The second-order valence-corrected chi connectivity index (χ2v) is 9.76. The monoisotopic (exact) mass is 489 g/mol. The third-order valence-electron chi connectivity index (χ3n) is 7.66. The summed E-state index contributed by atoms with van der Waals surface area (Å²) in [6.07, 6.45) is -3.37. The zero-order valence-corrected chi connectivity index (χ0v) is 18.7. The van der Waals surface area contributed by atoms with Crippen LogP contribution in [0.25, 0.3) is 0 Å². The van der Waals surface area contributed by atoms with Crippen molar-refractivity contribution in [3.8, 4) is 0 Å². The molecule has 4 aliphatic heterocycles. The smallest absolute Gasteiger partial charge is 0.324 e. The molecule has 3 fully saturated rings. The first kappa shape index (κ1) is 21.6. The van der Waals surface area contributed by atoms with Gasteiger partial charge >= 0.3 is 6.18 Å². The van der Waals surface area contributed by atoms with Crippen molar-refractivity contribution in [3.05, 3.63) is 58.1 Å². The molecule has 10 heteroatoms. The minimum atomic E-state index is -4.75. The third kappa shape index (κ3) is 2.54. The molecule has 0 radical (unpaired) electrons. The highest BCUT2D eigenvalue weighted by molar-refractivity contribution is 6.32. The summed E-state index contributed by atoms with van der Waals surface area (Å²) in [5.74, 6) is -3.46. The number of hydrogen-bond acceptors (Lipinski definition) is 4. The van der Waals surface area contributed by atoms with Gasteiger partial charge in [-0.1, -0.05) is 29.3 Å². The van der Waals surface area contributed by atoms with Crippen LogP contribution in [0.5, 0.6) is 0 Å². The van der Waals surface area contributed by atoms with Gasteiger partial charge in [-0.05, 0) is 50.6 Å². The van der Waals surface area contributed by atoms with Gasteiger partial charge in [0.05, 0.1) is 28.1 Å². The molecule has 2 aromatic carbocycles. The molecule has 6 nitrogen and oxygen atoms in total. The summed E-state index contributed by atoms with van der Waals surface area (Å²) in [5.41, 5.74) is -0.549. The number of anilines is 2. The molecule has 3 saturated heterocycles. The molecule has 1 spiro atoms. The van der Waals surface area contributed by atoms with E-state index in [4.69, 9.17) is 11.6 Å². The number of aryl methyl sites for hydroxylation is 1. The maximum absolute atomic E-state index is 13.9. The van der Waals surface area contributed by atoms with Gasteiger partial charge in [-0.3, -0.25) is 19.3 Å². The van der Waals surface area contributed by atoms with E-state index < -0.39 is 46.0 Å². The van der Waals surface area contributed by atoms with Crippen LogP contribution in [0.3, 0.4) is 0 Å². The Balaban J connectivity index is 1.53. The summed E-state index contributed by atoms with van der Waals surface area (Å²) in [4.78, 5) is 43.9. The fraction of sp³-hybridized carbons (Fsp3) is 0.375. The van der Waals surface area contributed by atoms with E-state index in [1.807, 2.05) is 24.0 Å². The predicted octanol–water partition coefficient (Wildman–Crippen LogP) is 4.10. The van der Waals surface area contributed by atoms with E-state index in [1.165, 1.54) is 6.07 Å². The summed E-state index contributed by atoms with van der Waals surface area (Å²) in [6.45, 7) is 2.43. The highest BCUT2D eigenvalue weighted by atomic mass is 35.5. The van der Waals surface area contributed by atoms with E-state index in [0.717, 1.165) is 29.0 Å². The molecule has 4 heterocycles. The predicted molar refractivity (Wildman–Crippen MR) is 117 cm³/mol. The molecule has 6 rings (SSSR count). The fourth-order valence-electron chi connectivity index (χ4n) is 6.44. The van der Waals surface area contributed by atoms with E-state index in [1.54, 1.807) is 6.07 Å². The molecular formula is C24H19ClF3N3O3. The zero-order chi connectivity index (χ0) is 24.2. The Morgan fingerprint density at radius 3 is 2.59 bits per heavy atom. The number of benzene rings is 2. The van der Waals surface area contributed by atoms with Gasteiger partial charge in [0.2, 0.25) is 17.7 Å². The lowest BCUT2D eigenvalue weighted by Gasteiger charge is -2.36. The summed E-state index contributed by atoms with van der Waals surface area (Å²) in [5, 5.41) is 2.36. The maximum atomic E-state index is 13.9. The Morgan fingerprint density at radius 2 is 1.85 bits per heavy atom. The van der Waals surface area contributed by atoms with Crippen molar-refractivity contribution in [2.75, 3.05) is 16.8 Å². The van der Waals surface area contributed by atoms with Crippen LogP contribution >= 0.6 is 11.6 Å². The number of carbonyl (C=O) groups is 3. The summed E-state index contributed by atoms with van der Waals surface area (Å²) in [7, 11) is 0. The number of fused-ring (bicyclic) bond motifs is 7. The van der Waals surface area contributed by atoms with Gasteiger partial charge in [-0.15, -0.1) is 0 Å². The highest BCUT2D eigenvalue weighted by Gasteiger charge is 2.74. The maximum Gasteiger partial charge on any atom is 0.417 e. The van der Waals surface area contributed by atoms with Crippen molar-refractivity contribution >= 4 is 40.7 Å². The van der Waals surface area contributed by atoms with Crippen LogP contribution in [0.2, 0.25) is 5.02 Å². The molecule has 2 aromatic rings. The molecule has 0 bridgehead atoms. The fourth-order valence-corrected chi connectivity index (χ4v) is 6.67. The van der Waals surface area contributed by atoms with Gasteiger partial charge in [0.1, 0.15) is 5.54 Å². The first-order chi connectivity index (χ1) is 16.1. The summed E-state index contributed by atoms with van der Waals surface area (Å²) in [6, 6.07) is 8.14. The van der Waals surface area contributed by atoms with Crippen molar-refractivity contribution < 1.29 is 27.6 Å². The number of halogens is 4. The SMILES string of the molecule is Cc1ccc2c(c1)[C@]1(C(=O)N2)[C@@H]2C(=O)N(c3ccc(Cl)c(C(F)(F)F)c3)C(=O)[C@@H]2[C@H]2CCCN21. The Bertz CT molecular complexity index is 1300. The molecule has 0 aromatic heterocycles. The number of carbonyl (C=O) groups excluding carboxylic acids is 3. The minimum Gasteiger partial charge on any atom is -0.324 e. The normalized spacial score (nSPS) is 30.2. The van der Waals surface area contributed by atoms with Crippen molar-refractivity contribution in [1.82, 2.24) is 4.90 Å². The first-order valence-corrected chi connectivity index (χ1v) is 11.4. The molecule has 0 saturated carbocycles. The van der Waals surface area contributed by atoms with Crippen LogP contribution in [-0.2, 0) is 26.1 Å². The Morgan fingerprint density at radius 1 is 1.09 bits per heavy atom. The molecule has 176 valence electrons. The molecule has 4 atom stereocenters. The van der Waals surface area contributed by atoms with Gasteiger partial charge in [-0.25, -0.2) is 4.90 Å². The molecule has 0 unspecified atom stereocenters. The minimum absolute atomic E-state index is 0.191. The molecule has 34 heavy (non-hydrogen) atoms. The average molecular weight is 490 g/mol. The van der Waals surface area contributed by atoms with Gasteiger partial charge in [0.15, 0.2) is 0 Å². The Hall–Kier alpha value is -2.91. The number of nitrogens with one attached hydrogen (secondary N) is 1. The van der Waals surface area contributed by atoms with Crippen LogP contribution in [0.15, 0.2) is 36.4 Å². The lowest BCUT2D eigenvalue weighted by Crippen LogP contribution is -2.54. The van der Waals surface area contributed by atoms with Crippen molar-refractivity contribution in [2.45, 2.75) is 37.5 Å². The van der Waals surface area contributed by atoms with Crippen LogP contribution in [0.1, 0.15) is 29.5 Å². The van der Waals surface area contributed by atoms with Gasteiger partial charge in [0, 0.05) is 17.3 Å². The summed E-state index contributed by atoms with van der Waals surface area (Å²) >= 11 is 5.75. The number of hydrogen-bond donors (Lipinski definition) is 1. The van der Waals surface area contributed by atoms with Crippen molar-refractivity contribution in [1.29, 1.82) is 0 Å². The van der Waals surface area contributed by atoms with Crippen molar-refractivity contribution in [3.63, 3.8) is 0 Å². The Labute approximate surface area is 197 Å². The number of alkyl halides is 3. The first-order valence-electron chi connectivity index (χ1n) is 11.0. The van der Waals surface area contributed by atoms with Crippen LogP contribution in [0.4, 0.5) is 24.5 Å². The van der Waals surface area contributed by atoms with E-state index in [9.17, 15) is 27.6 Å². The third-order valence-corrected chi connectivity index (χ3v) is 7.99. The second kappa shape index (κ2) is 6.82. The zero-order valence-electron chi connectivity index (χ0n) is 17.9. The molecule has 1 N–H and O–H groups in total. The number of nitrogens with zero attached hydrogens (tertiary/aromatic N) is 2. The lowest BCUT2D eigenvalue weighted by atomic mass is 9.75. The summed E-state index contributed by atoms with van der Waals surface area (Å²) < 4.78 is 40.4. The quantitative estimate of drug-likeness (QED) is 0.612. The Kier molecular flexibility index (Phi) is 4.34. The molecular weight excluding hydrogens is 471 g/mol. The van der Waals surface area contributed by atoms with E-state index in [0.29, 0.717) is 24.2 Å². The largest absolute Gasteiger partial charge is 0.417 e. The number of rotatable bonds is 1. The topological polar surface area (TPSA) is 69.7 Å². The van der Waals surface area contributed by atoms with Crippen LogP contribution in [0, 0.1) is 18.8 Å². The van der Waals surface area contributed by atoms with Gasteiger partial charge < -0.3 is 5.32 Å². The number of amides is 3. The van der Waals surface area contributed by atoms with Crippen molar-refractivity contribution in [2.24, 2.45) is 11.8 Å². The van der Waals surface area contributed by atoms with Gasteiger partial charge in [0.25, 0.3) is 0 Å². The van der Waals surface area contributed by atoms with Crippen LogP contribution < -0.4 is 10.2 Å². The standard InChI is InChI=1S/C24H19ClF3N3O3/c1-11-4-7-16-14(9-11)23(22(34)29-16)19-18(17-3-2-8-30(17)23)20(32)31(21(19)33)12-5-6-15(25)13(10-12)24(26,27)28/h4-7,9-10,17-19H,2-3,8H2,1H3,(H,29,34)/t17-,18-,19+,23-/m1/s1. The lowest BCUT2D eigenvalue weighted by molar-refractivity contribution is -0.137. The average Bonchev–Trinajstić information content (AvgIpc) is 3.47.